The summed E-state index contributed by atoms with van der Waals surface area (Å²) in [6, 6.07) is 5.65. The van der Waals surface area contributed by atoms with Crippen molar-refractivity contribution in [2.24, 2.45) is 0 Å². The molecule has 2 heterocycles. The van der Waals surface area contributed by atoms with Gasteiger partial charge in [-0.2, -0.15) is 17.0 Å². The van der Waals surface area contributed by atoms with E-state index in [4.69, 9.17) is 5.26 Å². The molecular formula is C12H16N4S. The van der Waals surface area contributed by atoms with E-state index in [1.807, 2.05) is 23.9 Å². The highest BCUT2D eigenvalue weighted by molar-refractivity contribution is 7.99. The van der Waals surface area contributed by atoms with Gasteiger partial charge in [-0.1, -0.05) is 0 Å². The number of thioether (sulfide) groups is 1. The Kier molecular flexibility index (Phi) is 4.65. The van der Waals surface area contributed by atoms with Crippen LogP contribution < -0.4 is 5.32 Å². The van der Waals surface area contributed by atoms with Gasteiger partial charge in [0, 0.05) is 37.7 Å². The summed E-state index contributed by atoms with van der Waals surface area (Å²) in [5.74, 6) is 2.50. The second-order valence-electron chi connectivity index (χ2n) is 3.92. The second kappa shape index (κ2) is 6.48. The zero-order valence-electron chi connectivity index (χ0n) is 9.72. The highest BCUT2D eigenvalue weighted by Crippen LogP contribution is 2.09. The van der Waals surface area contributed by atoms with Gasteiger partial charge in [0.25, 0.3) is 0 Å². The molecule has 0 aliphatic carbocycles. The molecule has 0 amide bonds. The molecule has 1 aliphatic heterocycles. The Morgan fingerprint density at radius 3 is 2.88 bits per heavy atom. The minimum absolute atomic E-state index is 0.462. The molecule has 0 radical (unpaired) electrons. The van der Waals surface area contributed by atoms with E-state index in [9.17, 15) is 0 Å². The maximum absolute atomic E-state index is 8.63. The predicted molar refractivity (Wildman–Crippen MR) is 71.2 cm³/mol. The lowest BCUT2D eigenvalue weighted by atomic mass is 10.3. The number of rotatable bonds is 4. The Morgan fingerprint density at radius 2 is 2.24 bits per heavy atom. The molecule has 1 fully saturated rings. The van der Waals surface area contributed by atoms with Gasteiger partial charge in [-0.3, -0.25) is 4.90 Å². The van der Waals surface area contributed by atoms with Crippen molar-refractivity contribution in [3.05, 3.63) is 24.0 Å². The highest BCUT2D eigenvalue weighted by atomic mass is 32.2. The molecule has 4 nitrogen and oxygen atoms in total. The van der Waals surface area contributed by atoms with Crippen molar-refractivity contribution < 1.29 is 0 Å². The first-order valence-electron chi connectivity index (χ1n) is 5.78. The van der Waals surface area contributed by atoms with Crippen molar-refractivity contribution in [1.29, 1.82) is 5.26 Å². The van der Waals surface area contributed by atoms with Gasteiger partial charge in [-0.05, 0) is 12.1 Å². The minimum atomic E-state index is 0.462. The van der Waals surface area contributed by atoms with Gasteiger partial charge in [0.1, 0.15) is 11.8 Å². The van der Waals surface area contributed by atoms with E-state index in [-0.39, 0.29) is 0 Å². The third kappa shape index (κ3) is 3.91. The van der Waals surface area contributed by atoms with Crippen molar-refractivity contribution in [2.45, 2.75) is 0 Å². The molecule has 0 saturated carbocycles. The normalized spacial score (nSPS) is 16.4. The Bertz CT molecular complexity index is 378. The highest BCUT2D eigenvalue weighted by Gasteiger charge is 2.08. The summed E-state index contributed by atoms with van der Waals surface area (Å²) in [4.78, 5) is 6.49. The lowest BCUT2D eigenvalue weighted by molar-refractivity contribution is 0.314. The van der Waals surface area contributed by atoms with Crippen molar-refractivity contribution in [3.8, 4) is 6.07 Å². The number of nitrogens with zero attached hydrogens (tertiary/aromatic N) is 3. The van der Waals surface area contributed by atoms with Crippen LogP contribution in [-0.4, -0.2) is 47.6 Å². The topological polar surface area (TPSA) is 52.0 Å². The number of anilines is 1. The largest absolute Gasteiger partial charge is 0.383 e. The maximum atomic E-state index is 8.63. The number of aromatic nitrogens is 1. The SMILES string of the molecule is N#Cc1ccc(NCCN2CCSCC2)cn1. The van der Waals surface area contributed by atoms with Crippen LogP contribution in [0.25, 0.3) is 0 Å². The van der Waals surface area contributed by atoms with Gasteiger partial charge in [-0.15, -0.1) is 0 Å². The zero-order chi connectivity index (χ0) is 11.9. The first kappa shape index (κ1) is 12.2. The van der Waals surface area contributed by atoms with Crippen LogP contribution in [0.1, 0.15) is 5.69 Å². The van der Waals surface area contributed by atoms with E-state index >= 15 is 0 Å². The number of hydrogen-bond donors (Lipinski definition) is 1. The maximum Gasteiger partial charge on any atom is 0.140 e. The van der Waals surface area contributed by atoms with Crippen LogP contribution in [0.2, 0.25) is 0 Å². The summed E-state index contributed by atoms with van der Waals surface area (Å²) >= 11 is 2.03. The third-order valence-corrected chi connectivity index (χ3v) is 3.68. The third-order valence-electron chi connectivity index (χ3n) is 2.74. The van der Waals surface area contributed by atoms with E-state index in [2.05, 4.69) is 15.2 Å². The average Bonchev–Trinajstić information content (AvgIpc) is 2.41. The van der Waals surface area contributed by atoms with Gasteiger partial charge in [0.2, 0.25) is 0 Å². The molecule has 1 aliphatic rings. The van der Waals surface area contributed by atoms with Crippen LogP contribution in [0.4, 0.5) is 5.69 Å². The Morgan fingerprint density at radius 1 is 1.41 bits per heavy atom. The summed E-state index contributed by atoms with van der Waals surface area (Å²) in [5.41, 5.74) is 1.44. The Hall–Kier alpha value is -1.25. The molecule has 1 aromatic rings. The molecular weight excluding hydrogens is 232 g/mol. The van der Waals surface area contributed by atoms with Crippen molar-refractivity contribution in [2.75, 3.05) is 43.0 Å². The quantitative estimate of drug-likeness (QED) is 0.873. The molecule has 90 valence electrons. The van der Waals surface area contributed by atoms with Gasteiger partial charge >= 0.3 is 0 Å². The fourth-order valence-corrected chi connectivity index (χ4v) is 2.73. The molecule has 0 bridgehead atoms. The van der Waals surface area contributed by atoms with Crippen LogP contribution in [-0.2, 0) is 0 Å². The fourth-order valence-electron chi connectivity index (χ4n) is 1.75. The standard InChI is InChI=1S/C12H16N4S/c13-9-11-1-2-12(10-15-11)14-3-4-16-5-7-17-8-6-16/h1-2,10,14H,3-8H2. The molecule has 0 unspecified atom stereocenters. The monoisotopic (exact) mass is 248 g/mol. The number of hydrogen-bond acceptors (Lipinski definition) is 5. The summed E-state index contributed by atoms with van der Waals surface area (Å²) < 4.78 is 0. The number of pyridine rings is 1. The molecule has 5 heteroatoms. The van der Waals surface area contributed by atoms with Crippen LogP contribution >= 0.6 is 11.8 Å². The van der Waals surface area contributed by atoms with E-state index in [0.717, 1.165) is 18.8 Å². The molecule has 1 aromatic heterocycles. The van der Waals surface area contributed by atoms with Gasteiger partial charge in [0.05, 0.1) is 11.9 Å². The Labute approximate surface area is 106 Å². The minimum Gasteiger partial charge on any atom is -0.383 e. The molecule has 2 rings (SSSR count). The lowest BCUT2D eigenvalue weighted by Crippen LogP contribution is -2.36. The number of nitrogens with one attached hydrogen (secondary N) is 1. The molecule has 0 spiro atoms. The zero-order valence-corrected chi connectivity index (χ0v) is 10.5. The van der Waals surface area contributed by atoms with Crippen LogP contribution in [0.5, 0.6) is 0 Å². The van der Waals surface area contributed by atoms with Gasteiger partial charge < -0.3 is 5.32 Å². The lowest BCUT2D eigenvalue weighted by Gasteiger charge is -2.26. The van der Waals surface area contributed by atoms with Crippen LogP contribution in [0, 0.1) is 11.3 Å². The number of nitriles is 1. The molecule has 0 atom stereocenters. The van der Waals surface area contributed by atoms with Crippen molar-refractivity contribution in [1.82, 2.24) is 9.88 Å². The smallest absolute Gasteiger partial charge is 0.140 e. The molecule has 0 aromatic carbocycles. The first-order chi connectivity index (χ1) is 8.38. The fraction of sp³-hybridized carbons (Fsp3) is 0.500. The predicted octanol–water partition coefficient (Wildman–Crippen LogP) is 1.41. The van der Waals surface area contributed by atoms with E-state index in [0.29, 0.717) is 5.69 Å². The van der Waals surface area contributed by atoms with Gasteiger partial charge in [0.15, 0.2) is 0 Å². The second-order valence-corrected chi connectivity index (χ2v) is 5.15. The Balaban J connectivity index is 1.72. The summed E-state index contributed by atoms with van der Waals surface area (Å²) in [6.07, 6.45) is 1.71. The summed E-state index contributed by atoms with van der Waals surface area (Å²) in [5, 5.41) is 12.0. The summed E-state index contributed by atoms with van der Waals surface area (Å²) in [6.45, 7) is 4.38. The van der Waals surface area contributed by atoms with Gasteiger partial charge in [-0.25, -0.2) is 4.98 Å². The van der Waals surface area contributed by atoms with E-state index < -0.39 is 0 Å². The molecule has 1 saturated heterocycles. The average molecular weight is 248 g/mol. The van der Waals surface area contributed by atoms with Crippen molar-refractivity contribution >= 4 is 17.4 Å². The van der Waals surface area contributed by atoms with Crippen LogP contribution in [0.3, 0.4) is 0 Å². The van der Waals surface area contributed by atoms with Crippen LogP contribution in [0.15, 0.2) is 18.3 Å². The first-order valence-corrected chi connectivity index (χ1v) is 6.94. The summed E-state index contributed by atoms with van der Waals surface area (Å²) in [7, 11) is 0. The van der Waals surface area contributed by atoms with Crippen molar-refractivity contribution in [3.63, 3.8) is 0 Å². The molecule has 17 heavy (non-hydrogen) atoms. The molecule has 1 N–H and O–H groups in total. The van der Waals surface area contributed by atoms with E-state index in [1.165, 1.54) is 24.6 Å². The van der Waals surface area contributed by atoms with E-state index in [1.54, 1.807) is 12.3 Å².